The minimum absolute atomic E-state index is 0.262. The lowest BCUT2D eigenvalue weighted by molar-refractivity contribution is -0.126. The summed E-state index contributed by atoms with van der Waals surface area (Å²) >= 11 is 1.08. The molecule has 9 heteroatoms. The molecule has 0 bridgehead atoms. The summed E-state index contributed by atoms with van der Waals surface area (Å²) < 4.78 is 43.3. The lowest BCUT2D eigenvalue weighted by atomic mass is 9.96. The van der Waals surface area contributed by atoms with Crippen molar-refractivity contribution in [1.29, 1.82) is 0 Å². The van der Waals surface area contributed by atoms with Gasteiger partial charge in [-0.15, -0.1) is 11.3 Å². The second kappa shape index (κ2) is 9.40. The number of aromatic nitrogens is 2. The van der Waals surface area contributed by atoms with Crippen molar-refractivity contribution in [2.45, 2.75) is 32.0 Å². The minimum Gasteiger partial charge on any atom is -0.497 e. The molecule has 1 fully saturated rings. The molecule has 0 aliphatic carbocycles. The van der Waals surface area contributed by atoms with Gasteiger partial charge in [-0.25, -0.2) is 9.97 Å². The number of benzene rings is 1. The molecule has 1 aromatic carbocycles. The van der Waals surface area contributed by atoms with Crippen molar-refractivity contribution >= 4 is 27.4 Å². The third kappa shape index (κ3) is 5.86. The third-order valence-electron chi connectivity index (χ3n) is 5.59. The molecule has 0 radical (unpaired) electrons. The van der Waals surface area contributed by atoms with E-state index < -0.39 is 12.6 Å². The number of ether oxygens (including phenoxy) is 1. The van der Waals surface area contributed by atoms with E-state index in [-0.39, 0.29) is 4.88 Å². The van der Waals surface area contributed by atoms with Gasteiger partial charge in [0.1, 0.15) is 22.7 Å². The van der Waals surface area contributed by atoms with Gasteiger partial charge in [-0.2, -0.15) is 13.2 Å². The Labute approximate surface area is 183 Å². The molecular weight excluding hydrogens is 425 g/mol. The number of likely N-dealkylation sites (tertiary alicyclic amines) is 1. The van der Waals surface area contributed by atoms with Gasteiger partial charge in [-0.05, 0) is 55.6 Å². The van der Waals surface area contributed by atoms with Crippen LogP contribution in [0, 0.1) is 5.92 Å². The fourth-order valence-corrected chi connectivity index (χ4v) is 4.94. The molecule has 166 valence electrons. The van der Waals surface area contributed by atoms with E-state index in [1.807, 2.05) is 12.1 Å². The Morgan fingerprint density at radius 2 is 1.90 bits per heavy atom. The SMILES string of the molecule is COc1ccc(CN2CCC(CNc3ncnc4sc(CC(F)(F)F)cc34)CC2)cc1. The normalized spacial score (nSPS) is 16.0. The van der Waals surface area contributed by atoms with E-state index >= 15 is 0 Å². The number of nitrogens with one attached hydrogen (secondary N) is 1. The Morgan fingerprint density at radius 1 is 1.16 bits per heavy atom. The molecule has 0 spiro atoms. The van der Waals surface area contributed by atoms with E-state index in [1.54, 1.807) is 13.2 Å². The molecule has 3 aromatic rings. The first kappa shape index (κ1) is 21.8. The number of hydrogen-bond donors (Lipinski definition) is 1. The van der Waals surface area contributed by atoms with Crippen molar-refractivity contribution in [3.05, 3.63) is 47.1 Å². The highest BCUT2D eigenvalue weighted by molar-refractivity contribution is 7.18. The van der Waals surface area contributed by atoms with E-state index in [1.165, 1.54) is 11.9 Å². The van der Waals surface area contributed by atoms with Crippen molar-refractivity contribution in [2.24, 2.45) is 5.92 Å². The van der Waals surface area contributed by atoms with E-state index in [2.05, 4.69) is 32.3 Å². The van der Waals surface area contributed by atoms with Crippen LogP contribution in [0.3, 0.4) is 0 Å². The lowest BCUT2D eigenvalue weighted by Crippen LogP contribution is -2.35. The quantitative estimate of drug-likeness (QED) is 0.541. The van der Waals surface area contributed by atoms with Crippen molar-refractivity contribution in [2.75, 3.05) is 32.1 Å². The monoisotopic (exact) mass is 450 g/mol. The molecule has 1 aliphatic rings. The molecule has 0 unspecified atom stereocenters. The molecule has 0 atom stereocenters. The summed E-state index contributed by atoms with van der Waals surface area (Å²) in [4.78, 5) is 11.7. The smallest absolute Gasteiger partial charge is 0.393 e. The van der Waals surface area contributed by atoms with Crippen LogP contribution in [0.4, 0.5) is 19.0 Å². The summed E-state index contributed by atoms with van der Waals surface area (Å²) in [5.74, 6) is 1.99. The predicted octanol–water partition coefficient (Wildman–Crippen LogP) is 5.13. The van der Waals surface area contributed by atoms with Gasteiger partial charge in [0, 0.05) is 18.0 Å². The van der Waals surface area contributed by atoms with E-state index in [4.69, 9.17) is 4.74 Å². The zero-order valence-corrected chi connectivity index (χ0v) is 18.1. The van der Waals surface area contributed by atoms with Crippen molar-refractivity contribution < 1.29 is 17.9 Å². The number of halogens is 3. The molecule has 3 heterocycles. The molecule has 0 amide bonds. The van der Waals surface area contributed by atoms with Gasteiger partial charge in [-0.1, -0.05) is 12.1 Å². The third-order valence-corrected chi connectivity index (χ3v) is 6.63. The number of piperidine rings is 1. The first-order chi connectivity index (χ1) is 14.9. The predicted molar refractivity (Wildman–Crippen MR) is 117 cm³/mol. The average Bonchev–Trinajstić information content (AvgIpc) is 3.15. The number of rotatable bonds is 7. The molecule has 1 aliphatic heterocycles. The van der Waals surface area contributed by atoms with Crippen LogP contribution in [-0.2, 0) is 13.0 Å². The maximum atomic E-state index is 12.7. The Hall–Kier alpha value is -2.39. The zero-order valence-electron chi connectivity index (χ0n) is 17.3. The Morgan fingerprint density at radius 3 is 2.58 bits per heavy atom. The molecule has 2 aromatic heterocycles. The van der Waals surface area contributed by atoms with Crippen LogP contribution in [0.25, 0.3) is 10.2 Å². The van der Waals surface area contributed by atoms with Crippen LogP contribution in [-0.4, -0.2) is 47.8 Å². The maximum absolute atomic E-state index is 12.7. The fraction of sp³-hybridized carbons (Fsp3) is 0.455. The van der Waals surface area contributed by atoms with Gasteiger partial charge < -0.3 is 10.1 Å². The van der Waals surface area contributed by atoms with Gasteiger partial charge in [-0.3, -0.25) is 4.90 Å². The second-order valence-electron chi connectivity index (χ2n) is 7.89. The number of thiophene rings is 1. The van der Waals surface area contributed by atoms with E-state index in [0.29, 0.717) is 22.0 Å². The largest absolute Gasteiger partial charge is 0.497 e. The highest BCUT2D eigenvalue weighted by Crippen LogP contribution is 2.32. The minimum atomic E-state index is -4.22. The van der Waals surface area contributed by atoms with Crippen LogP contribution in [0.5, 0.6) is 5.75 Å². The maximum Gasteiger partial charge on any atom is 0.393 e. The summed E-state index contributed by atoms with van der Waals surface area (Å²) in [6.07, 6.45) is -1.60. The number of alkyl halides is 3. The number of anilines is 1. The van der Waals surface area contributed by atoms with Crippen molar-refractivity contribution in [3.63, 3.8) is 0 Å². The van der Waals surface area contributed by atoms with Gasteiger partial charge in [0.2, 0.25) is 0 Å². The standard InChI is InChI=1S/C22H25F3N4OS/c1-30-17-4-2-16(3-5-17)13-29-8-6-15(7-9-29)12-26-20-19-10-18(11-22(23,24)25)31-21(19)28-14-27-20/h2-5,10,14-15H,6-9,11-13H2,1H3,(H,26,27,28). The zero-order chi connectivity index (χ0) is 21.8. The van der Waals surface area contributed by atoms with Crippen LogP contribution < -0.4 is 10.1 Å². The Bertz CT molecular complexity index is 998. The molecule has 1 N–H and O–H groups in total. The Balaban J connectivity index is 1.29. The first-order valence-corrected chi connectivity index (χ1v) is 11.1. The molecule has 4 rings (SSSR count). The fourth-order valence-electron chi connectivity index (χ4n) is 3.91. The van der Waals surface area contributed by atoms with Crippen LogP contribution in [0.15, 0.2) is 36.7 Å². The summed E-state index contributed by atoms with van der Waals surface area (Å²) in [6, 6.07) is 9.73. The highest BCUT2D eigenvalue weighted by Gasteiger charge is 2.29. The van der Waals surface area contributed by atoms with Gasteiger partial charge >= 0.3 is 6.18 Å². The first-order valence-electron chi connectivity index (χ1n) is 10.3. The Kier molecular flexibility index (Phi) is 6.62. The highest BCUT2D eigenvalue weighted by atomic mass is 32.1. The summed E-state index contributed by atoms with van der Waals surface area (Å²) in [5, 5.41) is 4.02. The second-order valence-corrected chi connectivity index (χ2v) is 9.01. The number of hydrogen-bond acceptors (Lipinski definition) is 6. The summed E-state index contributed by atoms with van der Waals surface area (Å²) in [7, 11) is 1.67. The number of methoxy groups -OCH3 is 1. The molecule has 0 saturated carbocycles. The molecular formula is C22H25F3N4OS. The van der Waals surface area contributed by atoms with Crippen LogP contribution in [0.2, 0.25) is 0 Å². The molecule has 31 heavy (non-hydrogen) atoms. The lowest BCUT2D eigenvalue weighted by Gasteiger charge is -2.32. The molecule has 5 nitrogen and oxygen atoms in total. The van der Waals surface area contributed by atoms with Gasteiger partial charge in [0.15, 0.2) is 0 Å². The van der Waals surface area contributed by atoms with Crippen LogP contribution in [0.1, 0.15) is 23.3 Å². The number of nitrogens with zero attached hydrogens (tertiary/aromatic N) is 3. The average molecular weight is 451 g/mol. The van der Waals surface area contributed by atoms with E-state index in [9.17, 15) is 13.2 Å². The van der Waals surface area contributed by atoms with Gasteiger partial charge in [0.05, 0.1) is 18.9 Å². The van der Waals surface area contributed by atoms with Crippen molar-refractivity contribution in [3.8, 4) is 5.75 Å². The number of fused-ring (bicyclic) bond motifs is 1. The molecule has 1 saturated heterocycles. The summed E-state index contributed by atoms with van der Waals surface area (Å²) in [6.45, 7) is 3.72. The van der Waals surface area contributed by atoms with E-state index in [0.717, 1.165) is 56.1 Å². The topological polar surface area (TPSA) is 50.3 Å². The van der Waals surface area contributed by atoms with Crippen molar-refractivity contribution in [1.82, 2.24) is 14.9 Å². The summed E-state index contributed by atoms with van der Waals surface area (Å²) in [5.41, 5.74) is 1.27. The van der Waals surface area contributed by atoms with Crippen LogP contribution >= 0.6 is 11.3 Å². The van der Waals surface area contributed by atoms with Gasteiger partial charge in [0.25, 0.3) is 0 Å².